The lowest BCUT2D eigenvalue weighted by Crippen LogP contribution is -2.29. The predicted octanol–water partition coefficient (Wildman–Crippen LogP) is 13.6. The predicted molar refractivity (Wildman–Crippen MR) is 282 cm³/mol. The van der Waals surface area contributed by atoms with Crippen molar-refractivity contribution in [3.8, 4) is 68.1 Å². The third-order valence-electron chi connectivity index (χ3n) is 12.9. The lowest BCUT2D eigenvalue weighted by molar-refractivity contribution is 0.602. The monoisotopic (exact) mass is 880 g/mol. The van der Waals surface area contributed by atoms with E-state index < -0.39 is 0 Å². The van der Waals surface area contributed by atoms with Crippen LogP contribution in [0.5, 0.6) is 0 Å². The van der Waals surface area contributed by atoms with Crippen molar-refractivity contribution < 1.29 is 0 Å². The largest absolute Gasteiger partial charge is 0.212 e. The van der Waals surface area contributed by atoms with Crippen molar-refractivity contribution >= 4 is 28.5 Å². The lowest BCUT2D eigenvalue weighted by atomic mass is 9.80. The summed E-state index contributed by atoms with van der Waals surface area (Å²) < 4.78 is 0. The quantitative estimate of drug-likeness (QED) is 0.144. The van der Waals surface area contributed by atoms with Gasteiger partial charge in [-0.3, -0.25) is 0 Å². The molecule has 0 aliphatic heterocycles. The van der Waals surface area contributed by atoms with Crippen LogP contribution in [0.2, 0.25) is 0 Å². The van der Waals surface area contributed by atoms with Gasteiger partial charge in [0.1, 0.15) is 5.82 Å². The summed E-state index contributed by atoms with van der Waals surface area (Å²) in [6.07, 6.45) is 13.2. The first kappa shape index (κ1) is 43.7. The average Bonchev–Trinajstić information content (AvgIpc) is 3.37. The second kappa shape index (κ2) is 18.6. The number of nitrogens with zero attached hydrogens (tertiary/aromatic N) is 6. The number of hydrogen-bond acceptors (Lipinski definition) is 6. The third kappa shape index (κ3) is 8.65. The van der Waals surface area contributed by atoms with Gasteiger partial charge in [-0.15, -0.1) is 0 Å². The number of benzene rings is 7. The van der Waals surface area contributed by atoms with Gasteiger partial charge in [0.05, 0.1) is 0 Å². The molecule has 0 bridgehead atoms. The molecule has 7 aromatic carbocycles. The molecule has 9 aromatic rings. The van der Waals surface area contributed by atoms with E-state index in [2.05, 4.69) is 224 Å². The summed E-state index contributed by atoms with van der Waals surface area (Å²) in [5.41, 5.74) is 13.7. The Hall–Kier alpha value is -8.22. The molecule has 0 saturated heterocycles. The van der Waals surface area contributed by atoms with Crippen LogP contribution in [-0.2, 0) is 0 Å². The molecule has 0 N–H and O–H groups in total. The average molecular weight is 881 g/mol. The molecule has 0 saturated carbocycles. The fourth-order valence-corrected chi connectivity index (χ4v) is 9.12. The number of fused-ring (bicyclic) bond motifs is 1. The molecule has 1 aliphatic carbocycles. The zero-order chi connectivity index (χ0) is 46.9. The third-order valence-corrected chi connectivity index (χ3v) is 12.9. The minimum Gasteiger partial charge on any atom is -0.212 e. The molecule has 10 rings (SSSR count). The standard InChI is InChI=1S/C62H52N6/c1-8-13-51-50(9-2)55(47-14-12-15-49(36-47)61-65-57(43-27-18-38(3)19-28-43)63-58(66-61)44-29-20-39(4)21-30-44)56(53-17-11-10-16-52(51)53)48-35-26-42(7)54(37-48)62-67-59(45-31-22-40(5)23-32-45)64-60(68-62)46-33-24-41(6)25-34-46/h8-37,42,54H,1H2,2-7H3/b50-9+,51-13+. The van der Waals surface area contributed by atoms with E-state index in [0.29, 0.717) is 29.1 Å². The van der Waals surface area contributed by atoms with Crippen LogP contribution in [0.3, 0.4) is 0 Å². The molecule has 2 aromatic heterocycles. The summed E-state index contributed by atoms with van der Waals surface area (Å²) in [6.45, 7) is 16.9. The van der Waals surface area contributed by atoms with E-state index in [1.807, 2.05) is 6.08 Å². The number of aryl methyl sites for hydroxylation is 4. The molecule has 6 nitrogen and oxygen atoms in total. The molecule has 330 valence electrons. The molecule has 2 unspecified atom stereocenters. The van der Waals surface area contributed by atoms with Gasteiger partial charge in [0.25, 0.3) is 0 Å². The first-order valence-corrected chi connectivity index (χ1v) is 23.3. The fourth-order valence-electron chi connectivity index (χ4n) is 9.12. The smallest absolute Gasteiger partial charge is 0.164 e. The highest BCUT2D eigenvalue weighted by molar-refractivity contribution is 6.04. The Bertz CT molecular complexity index is 3440. The maximum Gasteiger partial charge on any atom is 0.164 e. The minimum atomic E-state index is -0.150. The van der Waals surface area contributed by atoms with Crippen molar-refractivity contribution in [1.82, 2.24) is 29.9 Å². The second-order valence-electron chi connectivity index (χ2n) is 17.9. The zero-order valence-electron chi connectivity index (χ0n) is 39.4. The Kier molecular flexibility index (Phi) is 11.9. The van der Waals surface area contributed by atoms with E-state index in [-0.39, 0.29) is 11.8 Å². The van der Waals surface area contributed by atoms with Crippen LogP contribution in [0.15, 0.2) is 176 Å². The molecular formula is C62H52N6. The van der Waals surface area contributed by atoms with Gasteiger partial charge in [-0.2, -0.15) is 0 Å². The zero-order valence-corrected chi connectivity index (χ0v) is 39.4. The summed E-state index contributed by atoms with van der Waals surface area (Å²) in [4.78, 5) is 30.9. The van der Waals surface area contributed by atoms with Crippen LogP contribution in [0, 0.1) is 33.6 Å². The van der Waals surface area contributed by atoms with E-state index in [0.717, 1.165) is 77.1 Å². The molecule has 1 aliphatic rings. The molecule has 2 atom stereocenters. The van der Waals surface area contributed by atoms with Crippen LogP contribution in [-0.4, -0.2) is 29.9 Å². The molecule has 6 heteroatoms. The van der Waals surface area contributed by atoms with Crippen LogP contribution in [0.4, 0.5) is 0 Å². The summed E-state index contributed by atoms with van der Waals surface area (Å²) in [7, 11) is 0. The van der Waals surface area contributed by atoms with Gasteiger partial charge in [-0.1, -0.05) is 212 Å². The fraction of sp³-hybridized carbons (Fsp3) is 0.129. The van der Waals surface area contributed by atoms with Gasteiger partial charge in [0.2, 0.25) is 0 Å². The molecule has 0 spiro atoms. The van der Waals surface area contributed by atoms with Crippen molar-refractivity contribution in [2.45, 2.75) is 47.5 Å². The van der Waals surface area contributed by atoms with E-state index in [4.69, 9.17) is 29.9 Å². The van der Waals surface area contributed by atoms with Crippen molar-refractivity contribution in [3.63, 3.8) is 0 Å². The molecule has 0 radical (unpaired) electrons. The van der Waals surface area contributed by atoms with Crippen molar-refractivity contribution in [2.24, 2.45) is 5.92 Å². The Morgan fingerprint density at radius 3 is 1.37 bits per heavy atom. The van der Waals surface area contributed by atoms with Crippen LogP contribution < -0.4 is 10.4 Å². The number of aromatic nitrogens is 6. The summed E-state index contributed by atoms with van der Waals surface area (Å²) in [6, 6.07) is 50.9. The Balaban J connectivity index is 1.19. The molecule has 68 heavy (non-hydrogen) atoms. The van der Waals surface area contributed by atoms with Crippen LogP contribution in [0.1, 0.15) is 53.4 Å². The van der Waals surface area contributed by atoms with Gasteiger partial charge in [-0.25, -0.2) is 29.9 Å². The normalized spacial score (nSPS) is 15.2. The number of allylic oxidation sites excluding steroid dienone is 5. The highest BCUT2D eigenvalue weighted by Gasteiger charge is 2.27. The second-order valence-corrected chi connectivity index (χ2v) is 17.9. The molecular weight excluding hydrogens is 829 g/mol. The first-order valence-electron chi connectivity index (χ1n) is 23.3. The van der Waals surface area contributed by atoms with E-state index >= 15 is 0 Å². The van der Waals surface area contributed by atoms with E-state index in [1.54, 1.807) is 0 Å². The van der Waals surface area contributed by atoms with Crippen LogP contribution in [0.25, 0.3) is 96.6 Å². The van der Waals surface area contributed by atoms with Gasteiger partial charge in [-0.05, 0) is 90.1 Å². The summed E-state index contributed by atoms with van der Waals surface area (Å²) in [5.74, 6) is 3.86. The molecule has 0 amide bonds. The van der Waals surface area contributed by atoms with Gasteiger partial charge in [0, 0.05) is 33.7 Å². The summed E-state index contributed by atoms with van der Waals surface area (Å²) in [5, 5.41) is 4.50. The Morgan fingerprint density at radius 2 is 0.897 bits per heavy atom. The lowest BCUT2D eigenvalue weighted by Gasteiger charge is -2.25. The number of hydrogen-bond donors (Lipinski definition) is 0. The molecule has 0 fully saturated rings. The first-order chi connectivity index (χ1) is 33.1. The van der Waals surface area contributed by atoms with Gasteiger partial charge >= 0.3 is 0 Å². The Morgan fingerprint density at radius 1 is 0.456 bits per heavy atom. The van der Waals surface area contributed by atoms with E-state index in [1.165, 1.54) is 22.3 Å². The Labute approximate surface area is 398 Å². The van der Waals surface area contributed by atoms with Crippen molar-refractivity contribution in [2.75, 3.05) is 0 Å². The van der Waals surface area contributed by atoms with Crippen molar-refractivity contribution in [1.29, 1.82) is 0 Å². The topological polar surface area (TPSA) is 77.3 Å². The SMILES string of the molecule is C=C/C=c1\c(=C/C)c(-c2cccc(-c3nc(-c4ccc(C)cc4)nc(-c4ccc(C)cc4)n3)c2)c(C2=CC(c3nc(-c4ccc(C)cc4)nc(-c4ccc(C)cc4)n3)C(C)C=C2)c2ccccc12. The maximum atomic E-state index is 5.26. The highest BCUT2D eigenvalue weighted by Crippen LogP contribution is 2.40. The highest BCUT2D eigenvalue weighted by atomic mass is 15.0. The van der Waals surface area contributed by atoms with E-state index in [9.17, 15) is 0 Å². The summed E-state index contributed by atoms with van der Waals surface area (Å²) >= 11 is 0. The minimum absolute atomic E-state index is 0.107. The van der Waals surface area contributed by atoms with Gasteiger partial charge in [0.15, 0.2) is 29.1 Å². The van der Waals surface area contributed by atoms with Gasteiger partial charge < -0.3 is 0 Å². The van der Waals surface area contributed by atoms with Crippen LogP contribution >= 0.6 is 0 Å². The maximum absolute atomic E-state index is 5.26. The number of rotatable bonds is 9. The van der Waals surface area contributed by atoms with Crippen molar-refractivity contribution in [3.05, 3.63) is 221 Å². The molecule has 2 heterocycles.